The van der Waals surface area contributed by atoms with Gasteiger partial charge in [-0.1, -0.05) is 0 Å². The lowest BCUT2D eigenvalue weighted by Gasteiger charge is -2.29. The Bertz CT molecular complexity index is 735. The molecule has 1 aliphatic rings. The van der Waals surface area contributed by atoms with Crippen LogP contribution in [0.2, 0.25) is 0 Å². The van der Waals surface area contributed by atoms with E-state index in [1.807, 2.05) is 17.9 Å². The highest BCUT2D eigenvalue weighted by atomic mass is 16.6. The summed E-state index contributed by atoms with van der Waals surface area (Å²) in [5.74, 6) is -1.11. The molecule has 0 bridgehead atoms. The number of rotatable bonds is 3. The molecule has 1 aromatic rings. The molecule has 1 amide bonds. The van der Waals surface area contributed by atoms with Gasteiger partial charge in [0.25, 0.3) is 0 Å². The second-order valence-electron chi connectivity index (χ2n) is 7.36. The lowest BCUT2D eigenvalue weighted by Crippen LogP contribution is -2.49. The number of carboxylic acid groups (broad SMARTS) is 1. The van der Waals surface area contributed by atoms with E-state index in [4.69, 9.17) is 10.00 Å². The first-order valence-corrected chi connectivity index (χ1v) is 7.92. The Morgan fingerprint density at radius 1 is 1.48 bits per heavy atom. The SMILES string of the molecule is CC(C)(C)OC(=O)N[C@@]1(C)CCN(c2cc(C#N)ncc2C(=O)O)C1. The fourth-order valence-corrected chi connectivity index (χ4v) is 2.75. The number of carboxylic acids is 1. The number of hydrogen-bond donors (Lipinski definition) is 2. The molecule has 1 atom stereocenters. The number of anilines is 1. The van der Waals surface area contributed by atoms with Crippen molar-refractivity contribution in [1.29, 1.82) is 5.26 Å². The number of hydrogen-bond acceptors (Lipinski definition) is 6. The van der Waals surface area contributed by atoms with E-state index in [9.17, 15) is 14.7 Å². The molecule has 1 aromatic heterocycles. The zero-order valence-electron chi connectivity index (χ0n) is 14.8. The van der Waals surface area contributed by atoms with Gasteiger partial charge >= 0.3 is 12.1 Å². The van der Waals surface area contributed by atoms with Gasteiger partial charge in [-0.2, -0.15) is 5.26 Å². The van der Waals surface area contributed by atoms with Gasteiger partial charge in [0.05, 0.1) is 11.2 Å². The highest BCUT2D eigenvalue weighted by Crippen LogP contribution is 2.30. The van der Waals surface area contributed by atoms with Gasteiger partial charge in [-0.05, 0) is 40.2 Å². The molecule has 8 nitrogen and oxygen atoms in total. The summed E-state index contributed by atoms with van der Waals surface area (Å²) in [6.07, 6.45) is 1.30. The summed E-state index contributed by atoms with van der Waals surface area (Å²) in [4.78, 5) is 29.1. The Morgan fingerprint density at radius 3 is 2.72 bits per heavy atom. The number of carbonyl (C=O) groups is 2. The van der Waals surface area contributed by atoms with E-state index in [0.29, 0.717) is 25.2 Å². The van der Waals surface area contributed by atoms with Crippen molar-refractivity contribution in [3.05, 3.63) is 23.5 Å². The van der Waals surface area contributed by atoms with E-state index in [1.165, 1.54) is 12.3 Å². The number of alkyl carbamates (subject to hydrolysis) is 1. The largest absolute Gasteiger partial charge is 0.478 e. The maximum atomic E-state index is 12.0. The second-order valence-corrected chi connectivity index (χ2v) is 7.36. The highest BCUT2D eigenvalue weighted by Gasteiger charge is 2.37. The summed E-state index contributed by atoms with van der Waals surface area (Å²) in [6.45, 7) is 8.19. The average Bonchev–Trinajstić information content (AvgIpc) is 2.86. The molecule has 2 N–H and O–H groups in total. The number of nitrogens with one attached hydrogen (secondary N) is 1. The van der Waals surface area contributed by atoms with Gasteiger partial charge in [0.15, 0.2) is 0 Å². The van der Waals surface area contributed by atoms with Gasteiger partial charge in [-0.3, -0.25) is 0 Å². The number of aromatic nitrogens is 1. The van der Waals surface area contributed by atoms with Crippen molar-refractivity contribution < 1.29 is 19.4 Å². The van der Waals surface area contributed by atoms with Crippen LogP contribution in [0.3, 0.4) is 0 Å². The van der Waals surface area contributed by atoms with Crippen LogP contribution in [-0.4, -0.2) is 46.4 Å². The molecule has 8 heteroatoms. The predicted octanol–water partition coefficient (Wildman–Crippen LogP) is 2.14. The topological polar surface area (TPSA) is 116 Å². The van der Waals surface area contributed by atoms with E-state index in [1.54, 1.807) is 20.8 Å². The molecule has 0 saturated carbocycles. The van der Waals surface area contributed by atoms with Crippen molar-refractivity contribution in [2.24, 2.45) is 0 Å². The fourth-order valence-electron chi connectivity index (χ4n) is 2.75. The summed E-state index contributed by atoms with van der Waals surface area (Å²) >= 11 is 0. The van der Waals surface area contributed by atoms with E-state index in [2.05, 4.69) is 10.3 Å². The van der Waals surface area contributed by atoms with Crippen molar-refractivity contribution in [1.82, 2.24) is 10.3 Å². The molecule has 1 saturated heterocycles. The Hall–Kier alpha value is -2.82. The number of amides is 1. The summed E-state index contributed by atoms with van der Waals surface area (Å²) in [7, 11) is 0. The van der Waals surface area contributed by atoms with Crippen LogP contribution in [-0.2, 0) is 4.74 Å². The maximum Gasteiger partial charge on any atom is 0.408 e. The zero-order chi connectivity index (χ0) is 18.8. The average molecular weight is 346 g/mol. The van der Waals surface area contributed by atoms with Crippen LogP contribution >= 0.6 is 0 Å². The highest BCUT2D eigenvalue weighted by molar-refractivity contribution is 5.94. The lowest BCUT2D eigenvalue weighted by atomic mass is 10.0. The number of nitrogens with zero attached hydrogens (tertiary/aromatic N) is 3. The Kier molecular flexibility index (Phi) is 4.88. The minimum Gasteiger partial charge on any atom is -0.478 e. The normalized spacial score (nSPS) is 20.0. The first-order chi connectivity index (χ1) is 11.5. The third-order valence-electron chi connectivity index (χ3n) is 3.84. The quantitative estimate of drug-likeness (QED) is 0.861. The molecule has 25 heavy (non-hydrogen) atoms. The minimum atomic E-state index is -1.11. The number of pyridine rings is 1. The van der Waals surface area contributed by atoms with Crippen LogP contribution in [0.5, 0.6) is 0 Å². The molecule has 2 rings (SSSR count). The molecular formula is C17H22N4O4. The summed E-state index contributed by atoms with van der Waals surface area (Å²) < 4.78 is 5.29. The van der Waals surface area contributed by atoms with E-state index in [0.717, 1.165) is 0 Å². The van der Waals surface area contributed by atoms with Gasteiger partial charge in [-0.15, -0.1) is 0 Å². The number of aromatic carboxylic acids is 1. The van der Waals surface area contributed by atoms with Gasteiger partial charge in [0, 0.05) is 19.3 Å². The summed E-state index contributed by atoms with van der Waals surface area (Å²) in [6, 6.07) is 3.38. The van der Waals surface area contributed by atoms with Crippen LogP contribution in [0.15, 0.2) is 12.3 Å². The number of carbonyl (C=O) groups excluding carboxylic acids is 1. The Labute approximate surface area is 146 Å². The smallest absolute Gasteiger partial charge is 0.408 e. The molecule has 1 aliphatic heterocycles. The molecule has 0 radical (unpaired) electrons. The first-order valence-electron chi connectivity index (χ1n) is 7.92. The molecule has 1 fully saturated rings. The molecule has 2 heterocycles. The van der Waals surface area contributed by atoms with E-state index in [-0.39, 0.29) is 11.3 Å². The monoisotopic (exact) mass is 346 g/mol. The van der Waals surface area contributed by atoms with Crippen molar-refractivity contribution in [2.75, 3.05) is 18.0 Å². The predicted molar refractivity (Wildman–Crippen MR) is 90.5 cm³/mol. The van der Waals surface area contributed by atoms with Crippen LogP contribution in [0, 0.1) is 11.3 Å². The fraction of sp³-hybridized carbons (Fsp3) is 0.529. The standard InChI is InChI=1S/C17H22N4O4/c1-16(2,3)25-15(24)20-17(4)5-6-21(10-17)13-7-11(8-18)19-9-12(13)14(22)23/h7,9H,5-6,10H2,1-4H3,(H,20,24)(H,22,23)/t17-/m0/s1. The lowest BCUT2D eigenvalue weighted by molar-refractivity contribution is 0.0472. The summed E-state index contributed by atoms with van der Waals surface area (Å²) in [5.41, 5.74) is -0.557. The minimum absolute atomic E-state index is 0.0283. The number of nitriles is 1. The molecule has 134 valence electrons. The first kappa shape index (κ1) is 18.5. The molecule has 0 aromatic carbocycles. The van der Waals surface area contributed by atoms with Crippen molar-refractivity contribution >= 4 is 17.7 Å². The van der Waals surface area contributed by atoms with E-state index < -0.39 is 23.2 Å². The Balaban J connectivity index is 2.18. The van der Waals surface area contributed by atoms with Crippen molar-refractivity contribution in [3.63, 3.8) is 0 Å². The number of ether oxygens (including phenoxy) is 1. The van der Waals surface area contributed by atoms with Crippen LogP contribution in [0.1, 0.15) is 50.2 Å². The third kappa shape index (κ3) is 4.59. The van der Waals surface area contributed by atoms with Crippen molar-refractivity contribution in [2.45, 2.75) is 45.3 Å². The van der Waals surface area contributed by atoms with Crippen molar-refractivity contribution in [3.8, 4) is 6.07 Å². The molecule has 0 spiro atoms. The van der Waals surface area contributed by atoms with E-state index >= 15 is 0 Å². The molecular weight excluding hydrogens is 324 g/mol. The molecule has 0 unspecified atom stereocenters. The van der Waals surface area contributed by atoms with Gasteiger partial charge < -0.3 is 20.1 Å². The second kappa shape index (κ2) is 6.59. The molecule has 0 aliphatic carbocycles. The maximum absolute atomic E-state index is 12.0. The van der Waals surface area contributed by atoms with Crippen LogP contribution in [0.4, 0.5) is 10.5 Å². The van der Waals surface area contributed by atoms with Gasteiger partial charge in [0.1, 0.15) is 22.9 Å². The third-order valence-corrected chi connectivity index (χ3v) is 3.84. The Morgan fingerprint density at radius 2 is 2.16 bits per heavy atom. The summed E-state index contributed by atoms with van der Waals surface area (Å²) in [5, 5.41) is 21.2. The van der Waals surface area contributed by atoms with Gasteiger partial charge in [0.2, 0.25) is 0 Å². The van der Waals surface area contributed by atoms with Crippen LogP contribution in [0.25, 0.3) is 0 Å². The zero-order valence-corrected chi connectivity index (χ0v) is 14.8. The van der Waals surface area contributed by atoms with Gasteiger partial charge in [-0.25, -0.2) is 14.6 Å². The van der Waals surface area contributed by atoms with Crippen LogP contribution < -0.4 is 10.2 Å².